The molecule has 1 saturated heterocycles. The number of unbranched alkanes of at least 4 members (excludes halogenated alkanes) is 9. The normalized spacial score (nSPS) is 30.7. The third-order valence-corrected chi connectivity index (χ3v) is 17.7. The van der Waals surface area contributed by atoms with E-state index >= 15 is 0 Å². The highest BCUT2D eigenvalue weighted by Gasteiger charge is 2.59. The Kier molecular flexibility index (Phi) is 24.5. The maximum absolute atomic E-state index is 6.54. The molecule has 4 unspecified atom stereocenters. The summed E-state index contributed by atoms with van der Waals surface area (Å²) in [5.41, 5.74) is 2.67. The molecule has 0 spiro atoms. The minimum absolute atomic E-state index is 0.0846. The van der Waals surface area contributed by atoms with Crippen LogP contribution in [0.25, 0.3) is 0 Å². The Morgan fingerprint density at radius 2 is 1.50 bits per heavy atom. The van der Waals surface area contributed by atoms with Crippen molar-refractivity contribution in [3.8, 4) is 0 Å². The summed E-state index contributed by atoms with van der Waals surface area (Å²) in [5.74, 6) is 5.35. The zero-order valence-electron chi connectivity index (χ0n) is 43.4. The molecule has 0 aromatic carbocycles. The van der Waals surface area contributed by atoms with Gasteiger partial charge >= 0.3 is 0 Å². The molecule has 0 bridgehead atoms. The van der Waals surface area contributed by atoms with E-state index in [-0.39, 0.29) is 6.10 Å². The van der Waals surface area contributed by atoms with Crippen LogP contribution in [-0.2, 0) is 18.9 Å². The van der Waals surface area contributed by atoms with Gasteiger partial charge in [-0.25, -0.2) is 0 Å². The molecule has 6 nitrogen and oxygen atoms in total. The molecular formula is C58H104N2O4. The molecule has 0 amide bonds. The highest BCUT2D eigenvalue weighted by atomic mass is 16.6. The van der Waals surface area contributed by atoms with Crippen molar-refractivity contribution in [2.24, 2.45) is 46.3 Å². The standard InChI is InChI=1S/C58H104N2O4/c1-9-10-11-12-13-14-15-16-17-18-19-20-21-22-23-24-38-62-46-52(45-60-37-34-50(44-60)59(7)8)64-42-40-61-39-41-63-51-32-35-57(5)49(43-51)28-29-53-55-31-30-54(48(4)27-25-26-47(2)3)58(55,6)36-33-56(53)57/h13-14,16-17,28,47-48,50-56H,9-12,15,18-27,29-46H2,1-8H3/b14-13-,17-16-/t48-,50-,51+,52?,53?,54-,55?,56?,57+,58-/m1/s1. The molecule has 4 aliphatic carbocycles. The number of hydrogen-bond donors (Lipinski definition) is 0. The van der Waals surface area contributed by atoms with Gasteiger partial charge in [0, 0.05) is 25.7 Å². The van der Waals surface area contributed by atoms with Gasteiger partial charge in [0.2, 0.25) is 0 Å². The van der Waals surface area contributed by atoms with Gasteiger partial charge in [0.05, 0.1) is 45.2 Å². The summed E-state index contributed by atoms with van der Waals surface area (Å²) in [4.78, 5) is 4.94. The maximum Gasteiger partial charge on any atom is 0.0936 e. The molecule has 0 radical (unpaired) electrons. The summed E-state index contributed by atoms with van der Waals surface area (Å²) in [6.07, 6.45) is 44.1. The van der Waals surface area contributed by atoms with E-state index in [2.05, 4.69) is 95.8 Å². The quantitative estimate of drug-likeness (QED) is 0.0483. The van der Waals surface area contributed by atoms with Crippen LogP contribution in [0, 0.1) is 46.3 Å². The molecular weight excluding hydrogens is 789 g/mol. The van der Waals surface area contributed by atoms with Gasteiger partial charge in [0.15, 0.2) is 0 Å². The van der Waals surface area contributed by atoms with Crippen molar-refractivity contribution in [2.75, 3.05) is 73.4 Å². The Balaban J connectivity index is 0.931. The van der Waals surface area contributed by atoms with Crippen LogP contribution in [0.1, 0.15) is 196 Å². The Bertz CT molecular complexity index is 1350. The number of rotatable bonds is 33. The van der Waals surface area contributed by atoms with Crippen LogP contribution in [0.5, 0.6) is 0 Å². The first kappa shape index (κ1) is 53.9. The SMILES string of the molecule is CCCCC/C=C\C/C=C\CCCCCCCCOCC(CN1CC[C@@H](N(C)C)C1)OCCOCCO[C@H]1CC[C@@]2(C)C(=CCC3C2CC[C@@]2(C)C3CC[C@@H]2[C@H](C)CCCC(C)C)C1. The van der Waals surface area contributed by atoms with Crippen molar-refractivity contribution >= 4 is 0 Å². The minimum Gasteiger partial charge on any atom is -0.379 e. The second kappa shape index (κ2) is 29.1. The Morgan fingerprint density at radius 3 is 2.25 bits per heavy atom. The molecule has 0 aromatic heterocycles. The Hall–Kier alpha value is -1.02. The molecule has 6 heteroatoms. The molecule has 64 heavy (non-hydrogen) atoms. The van der Waals surface area contributed by atoms with Crippen LogP contribution in [0.3, 0.4) is 0 Å². The van der Waals surface area contributed by atoms with E-state index in [1.165, 1.54) is 135 Å². The van der Waals surface area contributed by atoms with E-state index in [0.717, 1.165) is 81.0 Å². The second-order valence-electron chi connectivity index (χ2n) is 23.0. The molecule has 3 saturated carbocycles. The first-order chi connectivity index (χ1) is 31.0. The summed E-state index contributed by atoms with van der Waals surface area (Å²) < 4.78 is 25.3. The van der Waals surface area contributed by atoms with Crippen molar-refractivity contribution in [3.63, 3.8) is 0 Å². The zero-order chi connectivity index (χ0) is 45.6. The lowest BCUT2D eigenvalue weighted by Crippen LogP contribution is -2.51. The van der Waals surface area contributed by atoms with Crippen LogP contribution >= 0.6 is 0 Å². The number of likely N-dealkylation sites (tertiary alicyclic amines) is 1. The number of ether oxygens (including phenoxy) is 4. The number of likely N-dealkylation sites (N-methyl/N-ethyl adjacent to an activating group) is 1. The first-order valence-corrected chi connectivity index (χ1v) is 27.8. The molecule has 5 rings (SSSR count). The first-order valence-electron chi connectivity index (χ1n) is 27.8. The van der Waals surface area contributed by atoms with Gasteiger partial charge in [-0.15, -0.1) is 0 Å². The smallest absolute Gasteiger partial charge is 0.0936 e. The molecule has 5 aliphatic rings. The van der Waals surface area contributed by atoms with Crippen molar-refractivity contribution in [3.05, 3.63) is 36.0 Å². The maximum atomic E-state index is 6.54. The molecule has 4 fully saturated rings. The summed E-state index contributed by atoms with van der Waals surface area (Å²) in [5, 5.41) is 0. The monoisotopic (exact) mass is 893 g/mol. The highest BCUT2D eigenvalue weighted by molar-refractivity contribution is 5.25. The summed E-state index contributed by atoms with van der Waals surface area (Å²) in [6.45, 7) is 22.3. The summed E-state index contributed by atoms with van der Waals surface area (Å²) in [6, 6.07) is 0.633. The molecule has 1 aliphatic heterocycles. The van der Waals surface area contributed by atoms with Gasteiger partial charge in [0.25, 0.3) is 0 Å². The van der Waals surface area contributed by atoms with Gasteiger partial charge in [0.1, 0.15) is 0 Å². The second-order valence-corrected chi connectivity index (χ2v) is 23.0. The Morgan fingerprint density at radius 1 is 0.750 bits per heavy atom. The fourth-order valence-electron chi connectivity index (χ4n) is 13.7. The molecule has 0 aromatic rings. The Labute approximate surface area is 396 Å². The number of hydrogen-bond acceptors (Lipinski definition) is 6. The fraction of sp³-hybridized carbons (Fsp3) is 0.897. The molecule has 10 atom stereocenters. The lowest BCUT2D eigenvalue weighted by atomic mass is 9.47. The topological polar surface area (TPSA) is 43.4 Å². The van der Waals surface area contributed by atoms with Crippen LogP contribution in [0.2, 0.25) is 0 Å². The average molecular weight is 893 g/mol. The largest absolute Gasteiger partial charge is 0.379 e. The van der Waals surface area contributed by atoms with E-state index in [4.69, 9.17) is 18.9 Å². The average Bonchev–Trinajstić information content (AvgIpc) is 3.90. The van der Waals surface area contributed by atoms with Crippen molar-refractivity contribution < 1.29 is 18.9 Å². The van der Waals surface area contributed by atoms with Gasteiger partial charge in [-0.3, -0.25) is 4.90 Å². The molecule has 370 valence electrons. The van der Waals surface area contributed by atoms with Crippen molar-refractivity contribution in [2.45, 2.75) is 214 Å². The van der Waals surface area contributed by atoms with Crippen LogP contribution in [-0.4, -0.2) is 101 Å². The summed E-state index contributed by atoms with van der Waals surface area (Å²) in [7, 11) is 4.41. The van der Waals surface area contributed by atoms with Crippen molar-refractivity contribution in [1.82, 2.24) is 9.80 Å². The molecule has 1 heterocycles. The van der Waals surface area contributed by atoms with Gasteiger partial charge in [-0.1, -0.05) is 135 Å². The van der Waals surface area contributed by atoms with Gasteiger partial charge in [-0.2, -0.15) is 0 Å². The fourth-order valence-corrected chi connectivity index (χ4v) is 13.7. The van der Waals surface area contributed by atoms with Crippen LogP contribution in [0.15, 0.2) is 36.0 Å². The van der Waals surface area contributed by atoms with Gasteiger partial charge in [-0.05, 0) is 163 Å². The van der Waals surface area contributed by atoms with Gasteiger partial charge < -0.3 is 23.8 Å². The number of nitrogens with zero attached hydrogens (tertiary/aromatic N) is 2. The lowest BCUT2D eigenvalue weighted by molar-refractivity contribution is -0.0731. The van der Waals surface area contributed by atoms with Crippen LogP contribution in [0.4, 0.5) is 0 Å². The van der Waals surface area contributed by atoms with E-state index in [1.807, 2.05) is 0 Å². The zero-order valence-corrected chi connectivity index (χ0v) is 43.4. The van der Waals surface area contributed by atoms with Crippen LogP contribution < -0.4 is 0 Å². The van der Waals surface area contributed by atoms with E-state index in [9.17, 15) is 0 Å². The van der Waals surface area contributed by atoms with E-state index < -0.39 is 0 Å². The highest BCUT2D eigenvalue weighted by Crippen LogP contribution is 2.67. The van der Waals surface area contributed by atoms with E-state index in [0.29, 0.717) is 56.0 Å². The predicted molar refractivity (Wildman–Crippen MR) is 272 cm³/mol. The summed E-state index contributed by atoms with van der Waals surface area (Å²) >= 11 is 0. The third kappa shape index (κ3) is 16.9. The lowest BCUT2D eigenvalue weighted by Gasteiger charge is -2.58. The van der Waals surface area contributed by atoms with Crippen molar-refractivity contribution in [1.29, 1.82) is 0 Å². The van der Waals surface area contributed by atoms with E-state index in [1.54, 1.807) is 5.57 Å². The predicted octanol–water partition coefficient (Wildman–Crippen LogP) is 14.3. The number of allylic oxidation sites excluding steroid dienone is 5. The molecule has 0 N–H and O–H groups in total. The minimum atomic E-state index is 0.0846. The number of fused-ring (bicyclic) bond motifs is 5. The third-order valence-electron chi connectivity index (χ3n) is 17.7.